The number of hydrogen-bond donors (Lipinski definition) is 0. The molecule has 2 heterocycles. The molecule has 4 nitrogen and oxygen atoms in total. The maximum Gasteiger partial charge on any atom is 0.420 e. The molecule has 1 saturated heterocycles. The molecule has 0 N–H and O–H groups in total. The van der Waals surface area contributed by atoms with E-state index in [1.54, 1.807) is 0 Å². The number of aromatic nitrogens is 1. The predicted octanol–water partition coefficient (Wildman–Crippen LogP) is 4.04. The van der Waals surface area contributed by atoms with Gasteiger partial charge in [-0.15, -0.1) is 0 Å². The van der Waals surface area contributed by atoms with Gasteiger partial charge in [0.05, 0.1) is 11.6 Å². The van der Waals surface area contributed by atoms with Crippen molar-refractivity contribution in [3.05, 3.63) is 70.7 Å². The summed E-state index contributed by atoms with van der Waals surface area (Å²) < 4.78 is 7.28. The van der Waals surface area contributed by atoms with Crippen LogP contribution in [0.3, 0.4) is 0 Å². The number of nitrogens with zero attached hydrogens (tertiary/aromatic N) is 2. The fourth-order valence-electron chi connectivity index (χ4n) is 4.01. The standard InChI is InChI=1S/C21H24N2O2/c1-16(17-8-3-2-4-9-17)14-22-13-7-10-18(15-22)23-19-11-5-6-12-20(19)25-21(23)24/h2-6,8-9,11-12,16,18H,7,10,13-15H2,1H3/t16-,18-/m0/s1. The van der Waals surface area contributed by atoms with E-state index in [4.69, 9.17) is 4.42 Å². The first-order valence-corrected chi connectivity index (χ1v) is 9.10. The molecule has 4 heteroatoms. The van der Waals surface area contributed by atoms with Crippen molar-refractivity contribution in [1.82, 2.24) is 9.47 Å². The summed E-state index contributed by atoms with van der Waals surface area (Å²) in [7, 11) is 0. The summed E-state index contributed by atoms with van der Waals surface area (Å²) in [6.45, 7) is 5.29. The summed E-state index contributed by atoms with van der Waals surface area (Å²) >= 11 is 0. The fraction of sp³-hybridized carbons (Fsp3) is 0.381. The van der Waals surface area contributed by atoms with Gasteiger partial charge in [0.15, 0.2) is 5.58 Å². The molecule has 1 fully saturated rings. The molecule has 0 radical (unpaired) electrons. The zero-order valence-electron chi connectivity index (χ0n) is 14.6. The van der Waals surface area contributed by atoms with Crippen molar-refractivity contribution >= 4 is 11.1 Å². The minimum Gasteiger partial charge on any atom is -0.408 e. The number of fused-ring (bicyclic) bond motifs is 1. The molecule has 0 bridgehead atoms. The predicted molar refractivity (Wildman–Crippen MR) is 100 cm³/mol. The molecular weight excluding hydrogens is 312 g/mol. The Balaban J connectivity index is 1.53. The summed E-state index contributed by atoms with van der Waals surface area (Å²) in [6, 6.07) is 18.6. The SMILES string of the molecule is C[C@@H](CN1CCC[C@H](n2c(=O)oc3ccccc32)C1)c1ccccc1. The van der Waals surface area contributed by atoms with Crippen molar-refractivity contribution in [1.29, 1.82) is 0 Å². The molecule has 25 heavy (non-hydrogen) atoms. The van der Waals surface area contributed by atoms with Crippen molar-refractivity contribution in [2.75, 3.05) is 19.6 Å². The summed E-state index contributed by atoms with van der Waals surface area (Å²) in [5, 5.41) is 0. The highest BCUT2D eigenvalue weighted by atomic mass is 16.4. The number of hydrogen-bond acceptors (Lipinski definition) is 3. The van der Waals surface area contributed by atoms with E-state index in [2.05, 4.69) is 42.2 Å². The lowest BCUT2D eigenvalue weighted by Crippen LogP contribution is -2.40. The topological polar surface area (TPSA) is 38.4 Å². The third-order valence-electron chi connectivity index (χ3n) is 5.27. The minimum absolute atomic E-state index is 0.188. The Morgan fingerprint density at radius 1 is 1.12 bits per heavy atom. The van der Waals surface area contributed by atoms with Crippen LogP contribution in [-0.2, 0) is 0 Å². The average Bonchev–Trinajstić information content (AvgIpc) is 2.98. The molecule has 0 unspecified atom stereocenters. The Kier molecular flexibility index (Phi) is 4.45. The van der Waals surface area contributed by atoms with Gasteiger partial charge >= 0.3 is 5.76 Å². The van der Waals surface area contributed by atoms with Crippen LogP contribution >= 0.6 is 0 Å². The summed E-state index contributed by atoms with van der Waals surface area (Å²) in [4.78, 5) is 14.9. The van der Waals surface area contributed by atoms with E-state index in [-0.39, 0.29) is 11.8 Å². The highest BCUT2D eigenvalue weighted by Crippen LogP contribution is 2.26. The van der Waals surface area contributed by atoms with Gasteiger partial charge in [-0.3, -0.25) is 4.57 Å². The molecule has 3 aromatic rings. The van der Waals surface area contributed by atoms with Crippen molar-refractivity contribution < 1.29 is 4.42 Å². The lowest BCUT2D eigenvalue weighted by Gasteiger charge is -2.34. The molecule has 2 aromatic carbocycles. The van der Waals surface area contributed by atoms with Gasteiger partial charge in [0.1, 0.15) is 0 Å². The number of rotatable bonds is 4. The Bertz CT molecular complexity index is 897. The molecule has 2 atom stereocenters. The highest BCUT2D eigenvalue weighted by Gasteiger charge is 2.26. The van der Waals surface area contributed by atoms with Gasteiger partial charge < -0.3 is 9.32 Å². The second-order valence-corrected chi connectivity index (χ2v) is 7.07. The summed E-state index contributed by atoms with van der Waals surface area (Å²) in [6.07, 6.45) is 2.14. The number of benzene rings is 2. The first kappa shape index (κ1) is 16.2. The molecule has 1 aliphatic rings. The van der Waals surface area contributed by atoms with Gasteiger partial charge in [-0.1, -0.05) is 49.4 Å². The Labute approximate surface area is 147 Å². The lowest BCUT2D eigenvalue weighted by atomic mass is 9.98. The quantitative estimate of drug-likeness (QED) is 0.722. The van der Waals surface area contributed by atoms with Gasteiger partial charge in [-0.2, -0.15) is 0 Å². The lowest BCUT2D eigenvalue weighted by molar-refractivity contribution is 0.168. The molecule has 0 aliphatic carbocycles. The van der Waals surface area contributed by atoms with Crippen LogP contribution in [0.1, 0.15) is 37.3 Å². The van der Waals surface area contributed by atoms with Crippen LogP contribution in [-0.4, -0.2) is 29.1 Å². The maximum atomic E-state index is 12.4. The van der Waals surface area contributed by atoms with Crippen LogP contribution in [0, 0.1) is 0 Å². The van der Waals surface area contributed by atoms with E-state index in [9.17, 15) is 4.79 Å². The second kappa shape index (κ2) is 6.89. The molecule has 4 rings (SSSR count). The van der Waals surface area contributed by atoms with E-state index in [1.807, 2.05) is 28.8 Å². The van der Waals surface area contributed by atoms with Gasteiger partial charge in [0.25, 0.3) is 0 Å². The van der Waals surface area contributed by atoms with E-state index < -0.39 is 0 Å². The normalized spacial score (nSPS) is 20.0. The average molecular weight is 336 g/mol. The van der Waals surface area contributed by atoms with Crippen molar-refractivity contribution in [3.63, 3.8) is 0 Å². The highest BCUT2D eigenvalue weighted by molar-refractivity contribution is 5.72. The molecule has 0 spiro atoms. The number of piperidine rings is 1. The minimum atomic E-state index is -0.232. The van der Waals surface area contributed by atoms with Gasteiger partial charge in [0.2, 0.25) is 0 Å². The Hall–Kier alpha value is -2.33. The third-order valence-corrected chi connectivity index (χ3v) is 5.27. The van der Waals surface area contributed by atoms with Gasteiger partial charge in [-0.05, 0) is 43.0 Å². The van der Waals surface area contributed by atoms with Crippen LogP contribution in [0.5, 0.6) is 0 Å². The Morgan fingerprint density at radius 2 is 1.88 bits per heavy atom. The smallest absolute Gasteiger partial charge is 0.408 e. The number of oxazole rings is 1. The number of para-hydroxylation sites is 2. The van der Waals surface area contributed by atoms with E-state index >= 15 is 0 Å². The molecule has 1 aromatic heterocycles. The number of likely N-dealkylation sites (tertiary alicyclic amines) is 1. The zero-order chi connectivity index (χ0) is 17.2. The molecule has 130 valence electrons. The third kappa shape index (κ3) is 3.27. The largest absolute Gasteiger partial charge is 0.420 e. The van der Waals surface area contributed by atoms with Crippen LogP contribution in [0.15, 0.2) is 63.8 Å². The first-order valence-electron chi connectivity index (χ1n) is 9.10. The van der Waals surface area contributed by atoms with E-state index in [1.165, 1.54) is 5.56 Å². The summed E-state index contributed by atoms with van der Waals surface area (Å²) in [5.74, 6) is 0.252. The summed E-state index contributed by atoms with van der Waals surface area (Å²) in [5.41, 5.74) is 2.97. The first-order chi connectivity index (χ1) is 12.2. The van der Waals surface area contributed by atoms with Crippen LogP contribution in [0.2, 0.25) is 0 Å². The van der Waals surface area contributed by atoms with Gasteiger partial charge in [-0.25, -0.2) is 4.79 Å². The molecule has 0 amide bonds. The monoisotopic (exact) mass is 336 g/mol. The second-order valence-electron chi connectivity index (χ2n) is 7.07. The fourth-order valence-corrected chi connectivity index (χ4v) is 4.01. The van der Waals surface area contributed by atoms with Gasteiger partial charge in [0, 0.05) is 13.1 Å². The zero-order valence-corrected chi connectivity index (χ0v) is 14.6. The van der Waals surface area contributed by atoms with E-state index in [0.29, 0.717) is 11.5 Å². The van der Waals surface area contributed by atoms with Crippen molar-refractivity contribution in [2.24, 2.45) is 0 Å². The maximum absolute atomic E-state index is 12.4. The molecular formula is C21H24N2O2. The Morgan fingerprint density at radius 3 is 2.72 bits per heavy atom. The molecule has 1 aliphatic heterocycles. The molecule has 0 saturated carbocycles. The van der Waals surface area contributed by atoms with Crippen LogP contribution < -0.4 is 5.76 Å². The van der Waals surface area contributed by atoms with Crippen molar-refractivity contribution in [2.45, 2.75) is 31.7 Å². The van der Waals surface area contributed by atoms with Crippen LogP contribution in [0.4, 0.5) is 0 Å². The van der Waals surface area contributed by atoms with E-state index in [0.717, 1.165) is 38.0 Å². The van der Waals surface area contributed by atoms with Crippen LogP contribution in [0.25, 0.3) is 11.1 Å². The van der Waals surface area contributed by atoms with Crippen molar-refractivity contribution in [3.8, 4) is 0 Å².